The van der Waals surface area contributed by atoms with Crippen molar-refractivity contribution >= 4 is 45.7 Å². The minimum atomic E-state index is -1.20. The topological polar surface area (TPSA) is 87.2 Å². The van der Waals surface area contributed by atoms with Crippen LogP contribution in [-0.4, -0.2) is 54.8 Å². The molecule has 1 aromatic carbocycles. The van der Waals surface area contributed by atoms with Crippen molar-refractivity contribution in [1.82, 2.24) is 4.90 Å². The second-order valence-corrected chi connectivity index (χ2v) is 10.9. The second kappa shape index (κ2) is 7.48. The van der Waals surface area contributed by atoms with Crippen molar-refractivity contribution in [2.45, 2.75) is 45.2 Å². The molecule has 182 valence electrons. The molecule has 0 unspecified atom stereocenters. The molecule has 1 spiro atoms. The van der Waals surface area contributed by atoms with Crippen LogP contribution in [0.3, 0.4) is 0 Å². The molecule has 0 aliphatic carbocycles. The molecule has 0 bridgehead atoms. The van der Waals surface area contributed by atoms with E-state index in [1.54, 1.807) is 11.8 Å². The lowest BCUT2D eigenvalue weighted by molar-refractivity contribution is -0.137. The highest BCUT2D eigenvalue weighted by atomic mass is 32.1. The van der Waals surface area contributed by atoms with E-state index in [1.165, 1.54) is 23.3 Å². The normalized spacial score (nSPS) is 29.4. The standard InChI is InChI=1S/C26H27N3O5S/c1-5-27-16-10-7-6-9-15(16)26(25(27)33)20-19(17-11-8-12-28(17)26)21(30)29(22(20)31)23-18(24(32)34-4)13(2)14(3)35-23/h6-7,9-10,17,19-20H,5,8,11-12H2,1-4H3/t17-,19-,20-,26-/m0/s1. The SMILES string of the molecule is CCN1C(=O)[C@]2(c3ccccc31)[C@@H]1C(=O)N(c3sc(C)c(C)c3C(=O)OC)C(=O)[C@H]1[C@@H]1CCCN12. The van der Waals surface area contributed by atoms with E-state index in [0.717, 1.165) is 29.0 Å². The van der Waals surface area contributed by atoms with Gasteiger partial charge in [0.15, 0.2) is 0 Å². The number of fused-ring (bicyclic) bond motifs is 7. The Kier molecular flexibility index (Phi) is 4.79. The highest BCUT2D eigenvalue weighted by Crippen LogP contribution is 2.62. The maximum atomic E-state index is 14.3. The predicted molar refractivity (Wildman–Crippen MR) is 130 cm³/mol. The number of thiophene rings is 1. The van der Waals surface area contributed by atoms with Crippen LogP contribution in [0.4, 0.5) is 10.7 Å². The van der Waals surface area contributed by atoms with Crippen molar-refractivity contribution in [1.29, 1.82) is 0 Å². The zero-order valence-electron chi connectivity index (χ0n) is 20.2. The van der Waals surface area contributed by atoms with Gasteiger partial charge in [0.2, 0.25) is 11.8 Å². The van der Waals surface area contributed by atoms with Crippen molar-refractivity contribution in [3.05, 3.63) is 45.8 Å². The Morgan fingerprint density at radius 3 is 2.63 bits per heavy atom. The van der Waals surface area contributed by atoms with Gasteiger partial charge in [-0.2, -0.15) is 0 Å². The van der Waals surface area contributed by atoms with Gasteiger partial charge >= 0.3 is 5.97 Å². The third kappa shape index (κ3) is 2.50. The Labute approximate surface area is 207 Å². The fourth-order valence-electron chi connectivity index (χ4n) is 6.96. The smallest absolute Gasteiger partial charge is 0.341 e. The van der Waals surface area contributed by atoms with Gasteiger partial charge in [0.05, 0.1) is 24.5 Å². The van der Waals surface area contributed by atoms with Crippen molar-refractivity contribution in [2.75, 3.05) is 30.0 Å². The maximum Gasteiger partial charge on any atom is 0.341 e. The number of para-hydroxylation sites is 1. The van der Waals surface area contributed by atoms with Crippen molar-refractivity contribution in [3.8, 4) is 0 Å². The maximum absolute atomic E-state index is 14.3. The first-order valence-electron chi connectivity index (χ1n) is 12.0. The van der Waals surface area contributed by atoms with Gasteiger partial charge in [-0.3, -0.25) is 19.3 Å². The number of hydrogen-bond acceptors (Lipinski definition) is 7. The monoisotopic (exact) mass is 493 g/mol. The molecule has 35 heavy (non-hydrogen) atoms. The molecule has 6 rings (SSSR count). The summed E-state index contributed by atoms with van der Waals surface area (Å²) in [6.07, 6.45) is 1.62. The van der Waals surface area contributed by atoms with Gasteiger partial charge in [0.1, 0.15) is 10.5 Å². The van der Waals surface area contributed by atoms with Crippen molar-refractivity contribution < 1.29 is 23.9 Å². The lowest BCUT2D eigenvalue weighted by Gasteiger charge is -2.37. The van der Waals surface area contributed by atoms with E-state index in [-0.39, 0.29) is 23.4 Å². The van der Waals surface area contributed by atoms with Gasteiger partial charge in [-0.05, 0) is 51.8 Å². The molecular weight excluding hydrogens is 466 g/mol. The van der Waals surface area contributed by atoms with Crippen LogP contribution in [0.15, 0.2) is 24.3 Å². The largest absolute Gasteiger partial charge is 0.465 e. The average Bonchev–Trinajstić information content (AvgIpc) is 3.60. The number of nitrogens with zero attached hydrogens (tertiary/aromatic N) is 3. The Morgan fingerprint density at radius 1 is 1.17 bits per heavy atom. The fourth-order valence-corrected chi connectivity index (χ4v) is 8.12. The lowest BCUT2D eigenvalue weighted by Crippen LogP contribution is -2.56. The summed E-state index contributed by atoms with van der Waals surface area (Å²) < 4.78 is 5.00. The minimum Gasteiger partial charge on any atom is -0.465 e. The minimum absolute atomic E-state index is 0.129. The number of esters is 1. The van der Waals surface area contributed by atoms with Crippen LogP contribution in [0.5, 0.6) is 0 Å². The summed E-state index contributed by atoms with van der Waals surface area (Å²) in [7, 11) is 1.29. The van der Waals surface area contributed by atoms with Crippen LogP contribution < -0.4 is 9.80 Å². The summed E-state index contributed by atoms with van der Waals surface area (Å²) in [5, 5.41) is 0.307. The van der Waals surface area contributed by atoms with Crippen LogP contribution >= 0.6 is 11.3 Å². The van der Waals surface area contributed by atoms with Gasteiger partial charge in [-0.1, -0.05) is 18.2 Å². The molecule has 2 aromatic rings. The van der Waals surface area contributed by atoms with Gasteiger partial charge in [0, 0.05) is 28.7 Å². The molecule has 5 heterocycles. The molecule has 3 amide bonds. The first-order chi connectivity index (χ1) is 16.8. The Balaban J connectivity index is 1.57. The van der Waals surface area contributed by atoms with E-state index in [4.69, 9.17) is 4.74 Å². The number of hydrogen-bond donors (Lipinski definition) is 0. The van der Waals surface area contributed by atoms with Gasteiger partial charge in [-0.15, -0.1) is 11.3 Å². The number of likely N-dealkylation sites (N-methyl/N-ethyl adjacent to an activating group) is 1. The zero-order valence-corrected chi connectivity index (χ0v) is 21.0. The molecular formula is C26H27N3O5S. The number of imide groups is 1. The number of carbonyl (C=O) groups excluding carboxylic acids is 4. The third-order valence-electron chi connectivity index (χ3n) is 8.42. The molecule has 4 atom stereocenters. The number of amides is 3. The summed E-state index contributed by atoms with van der Waals surface area (Å²) >= 11 is 1.25. The molecule has 3 fully saturated rings. The molecule has 8 nitrogen and oxygen atoms in total. The summed E-state index contributed by atoms with van der Waals surface area (Å²) in [5.41, 5.74) is 1.37. The van der Waals surface area contributed by atoms with Crippen LogP contribution in [0.2, 0.25) is 0 Å². The molecule has 3 saturated heterocycles. The number of aryl methyl sites for hydroxylation is 1. The molecule has 0 saturated carbocycles. The third-order valence-corrected chi connectivity index (χ3v) is 9.61. The Morgan fingerprint density at radius 2 is 1.91 bits per heavy atom. The summed E-state index contributed by atoms with van der Waals surface area (Å²) in [6, 6.07) is 7.45. The first kappa shape index (κ1) is 22.4. The van der Waals surface area contributed by atoms with Crippen molar-refractivity contribution in [3.63, 3.8) is 0 Å². The molecule has 1 aromatic heterocycles. The van der Waals surface area contributed by atoms with Crippen LogP contribution in [-0.2, 0) is 24.7 Å². The van der Waals surface area contributed by atoms with Gasteiger partial charge in [-0.25, -0.2) is 9.69 Å². The number of methoxy groups -OCH3 is 1. The van der Waals surface area contributed by atoms with E-state index in [0.29, 0.717) is 23.7 Å². The highest BCUT2D eigenvalue weighted by molar-refractivity contribution is 7.17. The lowest BCUT2D eigenvalue weighted by atomic mass is 9.75. The molecule has 9 heteroatoms. The number of ether oxygens (including phenoxy) is 1. The molecule has 4 aliphatic rings. The summed E-state index contributed by atoms with van der Waals surface area (Å²) in [6.45, 7) is 6.73. The summed E-state index contributed by atoms with van der Waals surface area (Å²) in [4.78, 5) is 61.1. The number of benzene rings is 1. The van der Waals surface area contributed by atoms with E-state index < -0.39 is 29.3 Å². The van der Waals surface area contributed by atoms with Crippen LogP contribution in [0.25, 0.3) is 0 Å². The predicted octanol–water partition coefficient (Wildman–Crippen LogP) is 3.00. The van der Waals surface area contributed by atoms with E-state index in [9.17, 15) is 19.2 Å². The van der Waals surface area contributed by atoms with Gasteiger partial charge in [0.25, 0.3) is 5.91 Å². The summed E-state index contributed by atoms with van der Waals surface area (Å²) in [5.74, 6) is -2.89. The van der Waals surface area contributed by atoms with Crippen molar-refractivity contribution in [2.24, 2.45) is 11.8 Å². The van der Waals surface area contributed by atoms with E-state index >= 15 is 0 Å². The zero-order chi connectivity index (χ0) is 24.8. The first-order valence-corrected chi connectivity index (χ1v) is 12.9. The fraction of sp³-hybridized carbons (Fsp3) is 0.462. The highest BCUT2D eigenvalue weighted by Gasteiger charge is 2.75. The number of anilines is 2. The van der Waals surface area contributed by atoms with E-state index in [1.807, 2.05) is 38.1 Å². The quantitative estimate of drug-likeness (QED) is 0.483. The van der Waals surface area contributed by atoms with Crippen LogP contribution in [0, 0.1) is 25.7 Å². The molecule has 4 aliphatic heterocycles. The number of carbonyl (C=O) groups is 4. The molecule has 0 N–H and O–H groups in total. The number of rotatable bonds is 3. The average molecular weight is 494 g/mol. The second-order valence-electron chi connectivity index (χ2n) is 9.71. The Bertz CT molecular complexity index is 1320. The Hall–Kier alpha value is -3.04. The van der Waals surface area contributed by atoms with Gasteiger partial charge < -0.3 is 9.64 Å². The van der Waals surface area contributed by atoms with E-state index in [2.05, 4.69) is 4.90 Å². The molecule has 0 radical (unpaired) electrons. The van der Waals surface area contributed by atoms with Crippen LogP contribution in [0.1, 0.15) is 46.1 Å².